The minimum absolute atomic E-state index is 0.0430. The van der Waals surface area contributed by atoms with E-state index < -0.39 is 0 Å². The number of nitrogens with zero attached hydrogens (tertiary/aromatic N) is 1. The Morgan fingerprint density at radius 2 is 1.66 bits per heavy atom. The van der Waals surface area contributed by atoms with Crippen LogP contribution < -0.4 is 14.8 Å². The average molecular weight is 391 g/mol. The van der Waals surface area contributed by atoms with E-state index in [2.05, 4.69) is 68.3 Å². The van der Waals surface area contributed by atoms with E-state index in [1.54, 1.807) is 6.20 Å². The van der Waals surface area contributed by atoms with Crippen molar-refractivity contribution in [3.8, 4) is 11.5 Å². The molecule has 0 aliphatic heterocycles. The lowest BCUT2D eigenvalue weighted by molar-refractivity contribution is 0.214. The molecule has 0 saturated carbocycles. The Morgan fingerprint density at radius 1 is 0.897 bits per heavy atom. The third-order valence-corrected chi connectivity index (χ3v) is 4.61. The lowest BCUT2D eigenvalue weighted by atomic mass is 9.85. The molecule has 29 heavy (non-hydrogen) atoms. The zero-order valence-corrected chi connectivity index (χ0v) is 17.7. The number of hydrogen-bond donors (Lipinski definition) is 1. The van der Waals surface area contributed by atoms with E-state index in [1.807, 2.05) is 30.3 Å². The van der Waals surface area contributed by atoms with Gasteiger partial charge in [-0.1, -0.05) is 56.7 Å². The Balaban J connectivity index is 1.46. The quantitative estimate of drug-likeness (QED) is 0.497. The molecule has 3 rings (SSSR count). The van der Waals surface area contributed by atoms with E-state index >= 15 is 0 Å². The Morgan fingerprint density at radius 3 is 2.34 bits per heavy atom. The first-order chi connectivity index (χ1) is 13.9. The van der Waals surface area contributed by atoms with Crippen LogP contribution in [0, 0.1) is 6.92 Å². The van der Waals surface area contributed by atoms with Crippen LogP contribution in [0.3, 0.4) is 0 Å². The highest BCUT2D eigenvalue weighted by Gasteiger charge is 2.19. The predicted molar refractivity (Wildman–Crippen MR) is 119 cm³/mol. The molecule has 0 aliphatic carbocycles. The fourth-order valence-corrected chi connectivity index (χ4v) is 3.03. The molecule has 0 aliphatic rings. The number of rotatable bonds is 8. The van der Waals surface area contributed by atoms with Gasteiger partial charge < -0.3 is 14.8 Å². The van der Waals surface area contributed by atoms with Gasteiger partial charge in [-0.3, -0.25) is 0 Å². The molecule has 1 aromatic heterocycles. The minimum atomic E-state index is 0.0430. The number of aromatic nitrogens is 1. The van der Waals surface area contributed by atoms with Crippen molar-refractivity contribution in [1.82, 2.24) is 4.98 Å². The molecule has 1 N–H and O–H groups in total. The first-order valence-corrected chi connectivity index (χ1v) is 10.0. The summed E-state index contributed by atoms with van der Waals surface area (Å²) in [4.78, 5) is 4.26. The van der Waals surface area contributed by atoms with Crippen molar-refractivity contribution in [2.24, 2.45) is 0 Å². The maximum atomic E-state index is 6.01. The van der Waals surface area contributed by atoms with Gasteiger partial charge in [-0.15, -0.1) is 0 Å². The molecule has 0 amide bonds. The van der Waals surface area contributed by atoms with Crippen LogP contribution in [0.25, 0.3) is 0 Å². The highest BCUT2D eigenvalue weighted by Crippen LogP contribution is 2.32. The largest absolute Gasteiger partial charge is 0.490 e. The number of nitrogens with one attached hydrogen (secondary N) is 1. The summed E-state index contributed by atoms with van der Waals surface area (Å²) in [5, 5.41) is 3.30. The third kappa shape index (κ3) is 6.24. The van der Waals surface area contributed by atoms with Crippen LogP contribution in [0.15, 0.2) is 66.9 Å². The van der Waals surface area contributed by atoms with E-state index in [4.69, 9.17) is 9.47 Å². The van der Waals surface area contributed by atoms with Gasteiger partial charge in [-0.25, -0.2) is 4.98 Å². The summed E-state index contributed by atoms with van der Waals surface area (Å²) in [5.41, 5.74) is 3.69. The van der Waals surface area contributed by atoms with Gasteiger partial charge in [0.25, 0.3) is 0 Å². The monoisotopic (exact) mass is 390 g/mol. The maximum absolute atomic E-state index is 6.01. The van der Waals surface area contributed by atoms with E-state index in [9.17, 15) is 0 Å². The Bertz CT molecular complexity index is 900. The average Bonchev–Trinajstić information content (AvgIpc) is 2.71. The molecule has 0 bridgehead atoms. The van der Waals surface area contributed by atoms with Gasteiger partial charge in [0.1, 0.15) is 30.5 Å². The Hall–Kier alpha value is -3.01. The van der Waals surface area contributed by atoms with Crippen LogP contribution in [-0.4, -0.2) is 18.2 Å². The van der Waals surface area contributed by atoms with Crippen LogP contribution in [-0.2, 0) is 12.0 Å². The summed E-state index contributed by atoms with van der Waals surface area (Å²) in [6, 6.07) is 20.3. The fraction of sp³-hybridized carbons (Fsp3) is 0.320. The number of hydrogen-bond acceptors (Lipinski definition) is 4. The molecular weight excluding hydrogens is 360 g/mol. The number of aryl methyl sites for hydroxylation is 1. The SMILES string of the molecule is Cc1ccc(OCCOc2ccc(CNc3ccccn3)cc2)c(C(C)(C)C)c1. The predicted octanol–water partition coefficient (Wildman–Crippen LogP) is 5.76. The van der Waals surface area contributed by atoms with Crippen molar-refractivity contribution < 1.29 is 9.47 Å². The van der Waals surface area contributed by atoms with Gasteiger partial charge in [-0.2, -0.15) is 0 Å². The second-order valence-corrected chi connectivity index (χ2v) is 8.16. The van der Waals surface area contributed by atoms with E-state index in [1.165, 1.54) is 16.7 Å². The Labute approximate surface area is 173 Å². The molecule has 0 fully saturated rings. The van der Waals surface area contributed by atoms with E-state index in [-0.39, 0.29) is 5.41 Å². The molecule has 0 unspecified atom stereocenters. The van der Waals surface area contributed by atoms with Gasteiger partial charge in [0, 0.05) is 12.7 Å². The van der Waals surface area contributed by atoms with Crippen molar-refractivity contribution in [2.75, 3.05) is 18.5 Å². The van der Waals surface area contributed by atoms with Crippen LogP contribution in [0.2, 0.25) is 0 Å². The maximum Gasteiger partial charge on any atom is 0.126 e. The first kappa shape index (κ1) is 20.7. The van der Waals surface area contributed by atoms with Gasteiger partial charge in [0.15, 0.2) is 0 Å². The molecule has 0 radical (unpaired) electrons. The number of pyridine rings is 1. The summed E-state index contributed by atoms with van der Waals surface area (Å²) in [6.07, 6.45) is 1.78. The zero-order valence-electron chi connectivity index (χ0n) is 17.7. The smallest absolute Gasteiger partial charge is 0.126 e. The number of benzene rings is 2. The highest BCUT2D eigenvalue weighted by molar-refractivity contribution is 5.41. The van der Waals surface area contributed by atoms with Crippen molar-refractivity contribution in [2.45, 2.75) is 39.7 Å². The van der Waals surface area contributed by atoms with Gasteiger partial charge >= 0.3 is 0 Å². The summed E-state index contributed by atoms with van der Waals surface area (Å²) < 4.78 is 11.8. The van der Waals surface area contributed by atoms with Crippen molar-refractivity contribution in [3.63, 3.8) is 0 Å². The first-order valence-electron chi connectivity index (χ1n) is 10.0. The van der Waals surface area contributed by atoms with Crippen LogP contribution in [0.5, 0.6) is 11.5 Å². The molecular formula is C25H30N2O2. The summed E-state index contributed by atoms with van der Waals surface area (Å²) in [6.45, 7) is 10.5. The molecule has 4 heteroatoms. The summed E-state index contributed by atoms with van der Waals surface area (Å²) in [5.74, 6) is 2.65. The van der Waals surface area contributed by atoms with Crippen molar-refractivity contribution >= 4 is 5.82 Å². The molecule has 4 nitrogen and oxygen atoms in total. The minimum Gasteiger partial charge on any atom is -0.490 e. The third-order valence-electron chi connectivity index (χ3n) is 4.61. The van der Waals surface area contributed by atoms with Crippen LogP contribution >= 0.6 is 0 Å². The van der Waals surface area contributed by atoms with Gasteiger partial charge in [0.2, 0.25) is 0 Å². The number of anilines is 1. The molecule has 0 saturated heterocycles. The summed E-state index contributed by atoms with van der Waals surface area (Å²) >= 11 is 0. The summed E-state index contributed by atoms with van der Waals surface area (Å²) in [7, 11) is 0. The zero-order chi connectivity index (χ0) is 20.7. The Kier molecular flexibility index (Phi) is 6.76. The van der Waals surface area contributed by atoms with Gasteiger partial charge in [0.05, 0.1) is 0 Å². The van der Waals surface area contributed by atoms with E-state index in [0.717, 1.165) is 23.9 Å². The fourth-order valence-electron chi connectivity index (χ4n) is 3.03. The normalized spacial score (nSPS) is 11.2. The standard InChI is InChI=1S/C25H30N2O2/c1-19-8-13-23(22(17-19)25(2,3)4)29-16-15-28-21-11-9-20(10-12-21)18-27-24-7-5-6-14-26-24/h5-14,17H,15-16,18H2,1-4H3,(H,26,27). The molecule has 2 aromatic carbocycles. The topological polar surface area (TPSA) is 43.4 Å². The van der Waals surface area contributed by atoms with Crippen molar-refractivity contribution in [1.29, 1.82) is 0 Å². The van der Waals surface area contributed by atoms with Crippen molar-refractivity contribution in [3.05, 3.63) is 83.6 Å². The highest BCUT2D eigenvalue weighted by atomic mass is 16.5. The second-order valence-electron chi connectivity index (χ2n) is 8.16. The molecule has 1 heterocycles. The van der Waals surface area contributed by atoms with Gasteiger partial charge in [-0.05, 0) is 53.8 Å². The van der Waals surface area contributed by atoms with Crippen LogP contribution in [0.4, 0.5) is 5.82 Å². The lowest BCUT2D eigenvalue weighted by Crippen LogP contribution is -2.16. The van der Waals surface area contributed by atoms with Crippen LogP contribution in [0.1, 0.15) is 37.5 Å². The van der Waals surface area contributed by atoms with E-state index in [0.29, 0.717) is 13.2 Å². The lowest BCUT2D eigenvalue weighted by Gasteiger charge is -2.23. The molecule has 152 valence electrons. The molecule has 0 spiro atoms. The second kappa shape index (κ2) is 9.46. The molecule has 3 aromatic rings. The number of ether oxygens (including phenoxy) is 2. The molecule has 0 atom stereocenters.